The van der Waals surface area contributed by atoms with Crippen LogP contribution in [0.4, 0.5) is 0 Å². The summed E-state index contributed by atoms with van der Waals surface area (Å²) in [6, 6.07) is 5.84. The molecule has 1 aromatic rings. The molecule has 0 aliphatic rings. The molecule has 0 radical (unpaired) electrons. The average molecular weight is 277 g/mol. The predicted octanol–water partition coefficient (Wildman–Crippen LogP) is 2.15. The Morgan fingerprint density at radius 2 is 1.33 bits per heavy atom. The summed E-state index contributed by atoms with van der Waals surface area (Å²) in [5.74, 6) is -1.69. The maximum Gasteiger partial charge on any atom is 2.00 e. The average Bonchev–Trinajstić information content (AvgIpc) is 2.27. The van der Waals surface area contributed by atoms with Gasteiger partial charge in [0.25, 0.3) is 0 Å². The second kappa shape index (κ2) is 7.30. The van der Waals surface area contributed by atoms with Crippen molar-refractivity contribution in [3.63, 3.8) is 0 Å². The van der Waals surface area contributed by atoms with Gasteiger partial charge in [-0.15, -0.1) is 0 Å². The SMILES string of the molecule is O=C(OCl)c1ccccc1C(=O)OCl.[Ca+2].[H-].[H-]. The molecule has 0 amide bonds. The van der Waals surface area contributed by atoms with Crippen LogP contribution < -0.4 is 0 Å². The van der Waals surface area contributed by atoms with Crippen LogP contribution in [0.25, 0.3) is 0 Å². The van der Waals surface area contributed by atoms with Crippen molar-refractivity contribution in [1.29, 1.82) is 0 Å². The Morgan fingerprint density at radius 1 is 1.00 bits per heavy atom. The van der Waals surface area contributed by atoms with Crippen LogP contribution >= 0.6 is 23.7 Å². The minimum atomic E-state index is -0.843. The Balaban J connectivity index is -0.000000653. The number of rotatable bonds is 2. The molecule has 0 atom stereocenters. The molecule has 0 bridgehead atoms. The second-order valence-electron chi connectivity index (χ2n) is 2.27. The summed E-state index contributed by atoms with van der Waals surface area (Å²) in [5, 5.41) is 0. The van der Waals surface area contributed by atoms with Crippen LogP contribution in [-0.2, 0) is 8.58 Å². The zero-order chi connectivity index (χ0) is 10.6. The molecule has 78 valence electrons. The second-order valence-corrected chi connectivity index (χ2v) is 2.58. The summed E-state index contributed by atoms with van der Waals surface area (Å²) in [6.45, 7) is 0. The summed E-state index contributed by atoms with van der Waals surface area (Å²) in [4.78, 5) is 22.1. The van der Waals surface area contributed by atoms with E-state index in [2.05, 4.69) is 8.58 Å². The van der Waals surface area contributed by atoms with Gasteiger partial charge in [-0.1, -0.05) is 12.1 Å². The molecule has 0 N–H and O–H groups in total. The van der Waals surface area contributed by atoms with Crippen LogP contribution in [0.3, 0.4) is 0 Å². The van der Waals surface area contributed by atoms with Crippen LogP contribution in [0.5, 0.6) is 0 Å². The summed E-state index contributed by atoms with van der Waals surface area (Å²) in [6.07, 6.45) is 0. The zero-order valence-electron chi connectivity index (χ0n) is 9.41. The molecule has 1 rings (SSSR count). The molecule has 7 heteroatoms. The van der Waals surface area contributed by atoms with Gasteiger partial charge in [-0.05, 0) is 12.1 Å². The van der Waals surface area contributed by atoms with Crippen LogP contribution in [-0.4, -0.2) is 49.7 Å². The number of carbonyl (C=O) groups excluding carboxylic acids is 2. The molecule has 0 unspecified atom stereocenters. The molecule has 0 saturated carbocycles. The van der Waals surface area contributed by atoms with Crippen LogP contribution in [0, 0.1) is 0 Å². The third-order valence-corrected chi connectivity index (χ3v) is 1.79. The molecule has 0 aromatic heterocycles. The van der Waals surface area contributed by atoms with Crippen molar-refractivity contribution < 1.29 is 21.0 Å². The summed E-state index contributed by atoms with van der Waals surface area (Å²) in [5.41, 5.74) is -0.0127. The van der Waals surface area contributed by atoms with Crippen LogP contribution in [0.1, 0.15) is 23.6 Å². The Hall–Kier alpha value is -0.000260. The topological polar surface area (TPSA) is 52.6 Å². The Kier molecular flexibility index (Phi) is 7.30. The first-order valence-corrected chi connectivity index (χ1v) is 4.07. The largest absolute Gasteiger partial charge is 2.00 e. The van der Waals surface area contributed by atoms with Crippen LogP contribution in [0.15, 0.2) is 24.3 Å². The fourth-order valence-corrected chi connectivity index (χ4v) is 1.09. The van der Waals surface area contributed by atoms with E-state index in [4.69, 9.17) is 23.7 Å². The Bertz CT molecular complexity index is 343. The normalized spacial score (nSPS) is 8.67. The van der Waals surface area contributed by atoms with Gasteiger partial charge in [-0.25, -0.2) is 9.59 Å². The van der Waals surface area contributed by atoms with Crippen molar-refractivity contribution in [3.8, 4) is 0 Å². The first-order valence-electron chi connectivity index (χ1n) is 3.45. The van der Waals surface area contributed by atoms with E-state index >= 15 is 0 Å². The molecule has 0 spiro atoms. The molecule has 15 heavy (non-hydrogen) atoms. The van der Waals surface area contributed by atoms with Gasteiger partial charge in [0.15, 0.2) is 0 Å². The summed E-state index contributed by atoms with van der Waals surface area (Å²) < 4.78 is 7.91. The van der Waals surface area contributed by atoms with E-state index in [0.717, 1.165) is 0 Å². The van der Waals surface area contributed by atoms with Gasteiger partial charge in [-0.2, -0.15) is 0 Å². The van der Waals surface area contributed by atoms with E-state index < -0.39 is 11.9 Å². The van der Waals surface area contributed by atoms with Gasteiger partial charge in [-0.3, -0.25) is 0 Å². The molecule has 0 aliphatic carbocycles. The van der Waals surface area contributed by atoms with Crippen molar-refractivity contribution in [3.05, 3.63) is 35.4 Å². The monoisotopic (exact) mass is 276 g/mol. The molecule has 0 fully saturated rings. The summed E-state index contributed by atoms with van der Waals surface area (Å²) in [7, 11) is 0. The first-order chi connectivity index (χ1) is 6.70. The Morgan fingerprint density at radius 3 is 1.60 bits per heavy atom. The van der Waals surface area contributed by atoms with E-state index in [1.807, 2.05) is 0 Å². The van der Waals surface area contributed by atoms with E-state index in [1.54, 1.807) is 12.1 Å². The number of hydrogen-bond donors (Lipinski definition) is 0. The number of hydrogen-bond acceptors (Lipinski definition) is 4. The molecular weight excluding hydrogens is 271 g/mol. The minimum absolute atomic E-state index is 0. The maximum atomic E-state index is 11.0. The van der Waals surface area contributed by atoms with Crippen molar-refractivity contribution >= 4 is 73.4 Å². The van der Waals surface area contributed by atoms with Gasteiger partial charge < -0.3 is 11.4 Å². The van der Waals surface area contributed by atoms with E-state index in [1.165, 1.54) is 12.1 Å². The molecule has 1 aromatic carbocycles. The van der Waals surface area contributed by atoms with Gasteiger partial charge in [0.05, 0.1) is 11.1 Å². The summed E-state index contributed by atoms with van der Waals surface area (Å²) >= 11 is 9.74. The third-order valence-electron chi connectivity index (χ3n) is 1.51. The van der Waals surface area contributed by atoms with Crippen LogP contribution in [0.2, 0.25) is 0 Å². The number of benzene rings is 1. The number of halogens is 2. The van der Waals surface area contributed by atoms with Crippen molar-refractivity contribution in [2.75, 3.05) is 0 Å². The van der Waals surface area contributed by atoms with Gasteiger partial charge >= 0.3 is 49.7 Å². The number of carbonyl (C=O) groups is 2. The van der Waals surface area contributed by atoms with Crippen molar-refractivity contribution in [2.45, 2.75) is 0 Å². The molecule has 4 nitrogen and oxygen atoms in total. The fourth-order valence-electron chi connectivity index (χ4n) is 0.922. The molecule has 0 aliphatic heterocycles. The standard InChI is InChI=1S/C8H4Cl2O4.Ca.2H/c9-13-7(11)5-3-1-2-4-6(5)8(12)14-10;;;/h1-4H;;;/q;+2;2*-1. The van der Waals surface area contributed by atoms with E-state index in [9.17, 15) is 9.59 Å². The predicted molar refractivity (Wildman–Crippen MR) is 57.0 cm³/mol. The smallest absolute Gasteiger partial charge is 1.00 e. The quantitative estimate of drug-likeness (QED) is 0.777. The van der Waals surface area contributed by atoms with E-state index in [-0.39, 0.29) is 51.7 Å². The first kappa shape index (κ1) is 15.0. The molecule has 0 heterocycles. The van der Waals surface area contributed by atoms with Gasteiger partial charge in [0.1, 0.15) is 23.7 Å². The third kappa shape index (κ3) is 3.81. The van der Waals surface area contributed by atoms with E-state index in [0.29, 0.717) is 0 Å². The zero-order valence-corrected chi connectivity index (χ0v) is 11.1. The van der Waals surface area contributed by atoms with Crippen molar-refractivity contribution in [2.24, 2.45) is 0 Å². The van der Waals surface area contributed by atoms with Gasteiger partial charge in [0.2, 0.25) is 0 Å². The minimum Gasteiger partial charge on any atom is -1.00 e. The molecular formula is C8H6CaCl2O4. The van der Waals surface area contributed by atoms with Crippen molar-refractivity contribution in [1.82, 2.24) is 0 Å². The maximum absolute atomic E-state index is 11.0. The fraction of sp³-hybridized carbons (Fsp3) is 0. The van der Waals surface area contributed by atoms with Gasteiger partial charge in [0, 0.05) is 0 Å². The Labute approximate surface area is 129 Å². The molecule has 0 saturated heterocycles.